The van der Waals surface area contributed by atoms with Crippen molar-refractivity contribution >= 4 is 60.2 Å². The summed E-state index contributed by atoms with van der Waals surface area (Å²) < 4.78 is 2.91. The van der Waals surface area contributed by atoms with Crippen LogP contribution in [0.5, 0.6) is 0 Å². The molecule has 0 aliphatic carbocycles. The number of carbonyl (C=O) groups is 1. The van der Waals surface area contributed by atoms with Gasteiger partial charge in [-0.15, -0.1) is 0 Å². The van der Waals surface area contributed by atoms with Crippen molar-refractivity contribution in [2.45, 2.75) is 13.8 Å². The van der Waals surface area contributed by atoms with Crippen molar-refractivity contribution < 1.29 is 4.79 Å². The first-order chi connectivity index (χ1) is 8.90. The standard InChI is InChI=1S/C15H11Br2IO/c1-8-6-14(17)9(2)5-11(8)15(19)12-7-10(18)3-4-13(12)16/h3-7H,1-2H3. The molecule has 0 bridgehead atoms. The second kappa shape index (κ2) is 6.06. The SMILES string of the molecule is Cc1cc(C(=O)c2cc(I)ccc2Br)c(C)cc1Br. The van der Waals surface area contributed by atoms with E-state index < -0.39 is 0 Å². The van der Waals surface area contributed by atoms with E-state index in [0.717, 1.165) is 29.2 Å². The Morgan fingerprint density at radius 1 is 0.947 bits per heavy atom. The lowest BCUT2D eigenvalue weighted by Crippen LogP contribution is -2.06. The summed E-state index contributed by atoms with van der Waals surface area (Å²) in [4.78, 5) is 12.7. The Labute approximate surface area is 143 Å². The summed E-state index contributed by atoms with van der Waals surface area (Å²) in [5.74, 6) is 0.0542. The Morgan fingerprint density at radius 3 is 2.32 bits per heavy atom. The van der Waals surface area contributed by atoms with Gasteiger partial charge >= 0.3 is 0 Å². The predicted octanol–water partition coefficient (Wildman–Crippen LogP) is 5.66. The smallest absolute Gasteiger partial charge is 0.194 e. The largest absolute Gasteiger partial charge is 0.289 e. The molecule has 0 saturated heterocycles. The van der Waals surface area contributed by atoms with E-state index >= 15 is 0 Å². The van der Waals surface area contributed by atoms with Crippen molar-refractivity contribution in [2.24, 2.45) is 0 Å². The summed E-state index contributed by atoms with van der Waals surface area (Å²) >= 11 is 9.16. The van der Waals surface area contributed by atoms with Crippen LogP contribution in [0.25, 0.3) is 0 Å². The van der Waals surface area contributed by atoms with Gasteiger partial charge in [-0.2, -0.15) is 0 Å². The summed E-state index contributed by atoms with van der Waals surface area (Å²) in [5, 5.41) is 0. The van der Waals surface area contributed by atoms with Crippen molar-refractivity contribution in [3.05, 3.63) is 65.1 Å². The maximum Gasteiger partial charge on any atom is 0.194 e. The molecular formula is C15H11Br2IO. The van der Waals surface area contributed by atoms with E-state index in [1.165, 1.54) is 0 Å². The molecule has 0 fully saturated rings. The van der Waals surface area contributed by atoms with Gasteiger partial charge in [-0.3, -0.25) is 4.79 Å². The van der Waals surface area contributed by atoms with Gasteiger partial charge in [-0.1, -0.05) is 31.9 Å². The minimum atomic E-state index is 0.0542. The van der Waals surface area contributed by atoms with Gasteiger partial charge in [0, 0.05) is 23.6 Å². The fourth-order valence-electron chi connectivity index (χ4n) is 1.84. The number of hydrogen-bond donors (Lipinski definition) is 0. The monoisotopic (exact) mass is 492 g/mol. The number of carbonyl (C=O) groups excluding carboxylic acids is 1. The number of hydrogen-bond acceptors (Lipinski definition) is 1. The summed E-state index contributed by atoms with van der Waals surface area (Å²) in [6.07, 6.45) is 0. The highest BCUT2D eigenvalue weighted by atomic mass is 127. The fraction of sp³-hybridized carbons (Fsp3) is 0.133. The third kappa shape index (κ3) is 3.28. The maximum absolute atomic E-state index is 12.7. The molecule has 0 unspecified atom stereocenters. The molecule has 2 aromatic rings. The van der Waals surface area contributed by atoms with Crippen molar-refractivity contribution in [1.29, 1.82) is 0 Å². The minimum absolute atomic E-state index is 0.0542. The van der Waals surface area contributed by atoms with Crippen LogP contribution in [-0.4, -0.2) is 5.78 Å². The third-order valence-corrected chi connectivity index (χ3v) is 5.14. The first kappa shape index (κ1) is 15.2. The van der Waals surface area contributed by atoms with Gasteiger partial charge in [0.1, 0.15) is 0 Å². The first-order valence-corrected chi connectivity index (χ1v) is 8.33. The van der Waals surface area contributed by atoms with E-state index in [2.05, 4.69) is 54.5 Å². The van der Waals surface area contributed by atoms with Gasteiger partial charge in [0.25, 0.3) is 0 Å². The molecule has 98 valence electrons. The molecule has 0 heterocycles. The van der Waals surface area contributed by atoms with Crippen LogP contribution in [0.1, 0.15) is 27.0 Å². The van der Waals surface area contributed by atoms with Crippen molar-refractivity contribution in [1.82, 2.24) is 0 Å². The molecule has 0 aromatic heterocycles. The molecule has 0 saturated carbocycles. The predicted molar refractivity (Wildman–Crippen MR) is 93.9 cm³/mol. The first-order valence-electron chi connectivity index (χ1n) is 5.66. The van der Waals surface area contributed by atoms with Gasteiger partial charge in [0.2, 0.25) is 0 Å². The lowest BCUT2D eigenvalue weighted by Gasteiger charge is -2.10. The molecule has 0 radical (unpaired) electrons. The maximum atomic E-state index is 12.7. The fourth-order valence-corrected chi connectivity index (χ4v) is 3.22. The molecule has 0 spiro atoms. The number of rotatable bonds is 2. The quantitative estimate of drug-likeness (QED) is 0.389. The Kier molecular flexibility index (Phi) is 4.84. The average Bonchev–Trinajstić information content (AvgIpc) is 2.36. The molecular weight excluding hydrogens is 483 g/mol. The number of aryl methyl sites for hydroxylation is 2. The highest BCUT2D eigenvalue weighted by Crippen LogP contribution is 2.26. The molecule has 0 atom stereocenters. The summed E-state index contributed by atoms with van der Waals surface area (Å²) in [5.41, 5.74) is 3.50. The highest BCUT2D eigenvalue weighted by molar-refractivity contribution is 14.1. The zero-order chi connectivity index (χ0) is 14.2. The van der Waals surface area contributed by atoms with Crippen molar-refractivity contribution in [3.63, 3.8) is 0 Å². The summed E-state index contributed by atoms with van der Waals surface area (Å²) in [6.45, 7) is 3.95. The zero-order valence-corrected chi connectivity index (χ0v) is 15.8. The Morgan fingerprint density at radius 2 is 1.63 bits per heavy atom. The van der Waals surface area contributed by atoms with E-state index in [0.29, 0.717) is 5.56 Å². The van der Waals surface area contributed by atoms with Crippen LogP contribution in [0.3, 0.4) is 0 Å². The third-order valence-electron chi connectivity index (χ3n) is 2.92. The van der Waals surface area contributed by atoms with Gasteiger partial charge in [0.15, 0.2) is 5.78 Å². The van der Waals surface area contributed by atoms with E-state index in [9.17, 15) is 4.79 Å². The normalized spacial score (nSPS) is 10.6. The lowest BCUT2D eigenvalue weighted by molar-refractivity contribution is 0.103. The van der Waals surface area contributed by atoms with Gasteiger partial charge in [-0.25, -0.2) is 0 Å². The molecule has 2 rings (SSSR count). The van der Waals surface area contributed by atoms with Crippen LogP contribution in [-0.2, 0) is 0 Å². The summed E-state index contributed by atoms with van der Waals surface area (Å²) in [6, 6.07) is 9.72. The molecule has 19 heavy (non-hydrogen) atoms. The highest BCUT2D eigenvalue weighted by Gasteiger charge is 2.16. The number of ketones is 1. The van der Waals surface area contributed by atoms with Crippen LogP contribution in [0, 0.1) is 17.4 Å². The van der Waals surface area contributed by atoms with Crippen LogP contribution < -0.4 is 0 Å². The van der Waals surface area contributed by atoms with E-state index in [1.54, 1.807) is 0 Å². The van der Waals surface area contributed by atoms with Gasteiger partial charge in [0.05, 0.1) is 0 Å². The van der Waals surface area contributed by atoms with Gasteiger partial charge < -0.3 is 0 Å². The second-order valence-corrected chi connectivity index (χ2v) is 7.32. The van der Waals surface area contributed by atoms with Gasteiger partial charge in [-0.05, 0) is 77.9 Å². The number of benzene rings is 2. The van der Waals surface area contributed by atoms with Crippen LogP contribution in [0.2, 0.25) is 0 Å². The summed E-state index contributed by atoms with van der Waals surface area (Å²) in [7, 11) is 0. The van der Waals surface area contributed by atoms with Crippen LogP contribution in [0.15, 0.2) is 39.3 Å². The van der Waals surface area contributed by atoms with Crippen molar-refractivity contribution in [3.8, 4) is 0 Å². The Bertz CT molecular complexity index is 665. The molecule has 1 nitrogen and oxygen atoms in total. The Balaban J connectivity index is 2.56. The zero-order valence-electron chi connectivity index (χ0n) is 10.4. The molecule has 0 N–H and O–H groups in total. The van der Waals surface area contributed by atoms with Crippen molar-refractivity contribution in [2.75, 3.05) is 0 Å². The van der Waals surface area contributed by atoms with E-state index in [4.69, 9.17) is 0 Å². The lowest BCUT2D eigenvalue weighted by atomic mass is 9.97. The van der Waals surface area contributed by atoms with E-state index in [-0.39, 0.29) is 5.78 Å². The van der Waals surface area contributed by atoms with Crippen LogP contribution in [0.4, 0.5) is 0 Å². The minimum Gasteiger partial charge on any atom is -0.289 e. The average molecular weight is 494 g/mol. The Hall–Kier alpha value is -0.200. The molecule has 2 aromatic carbocycles. The molecule has 0 amide bonds. The number of halogens is 3. The topological polar surface area (TPSA) is 17.1 Å². The van der Waals surface area contributed by atoms with E-state index in [1.807, 2.05) is 44.2 Å². The molecule has 4 heteroatoms. The molecule has 0 aliphatic rings. The van der Waals surface area contributed by atoms with Crippen LogP contribution >= 0.6 is 54.5 Å². The second-order valence-electron chi connectivity index (χ2n) is 4.37. The molecule has 0 aliphatic heterocycles.